The average Bonchev–Trinajstić information content (AvgIpc) is 3.29. The van der Waals surface area contributed by atoms with E-state index in [1.54, 1.807) is 0 Å². The molecule has 0 bridgehead atoms. The first-order chi connectivity index (χ1) is 12.1. The zero-order valence-electron chi connectivity index (χ0n) is 16.7. The molecule has 0 unspecified atom stereocenters. The summed E-state index contributed by atoms with van der Waals surface area (Å²) in [5.74, 6) is 1.60. The van der Waals surface area contributed by atoms with E-state index in [0.29, 0.717) is 23.0 Å². The van der Waals surface area contributed by atoms with E-state index in [1.807, 2.05) is 13.0 Å². The molecule has 4 heteroatoms. The Labute approximate surface area is 156 Å². The topological polar surface area (TPSA) is 55.9 Å². The summed E-state index contributed by atoms with van der Waals surface area (Å²) in [5, 5.41) is 0. The summed E-state index contributed by atoms with van der Waals surface area (Å²) >= 11 is 0. The maximum absolute atomic E-state index is 12.9. The standard InChI is InChI=1S/C22H30O4/c1-11-9-14-17(18(11)24)20-22(6,26-20)8-7-15-16(21(15,4)5)10-12(2)19(14)25-13(3)23/h9,12,15-17,20H,7-8,10H2,1-6H3/b19-14+/t12-,15+,16-,17+,20+,22+/m1/s1. The van der Waals surface area contributed by atoms with E-state index in [-0.39, 0.29) is 35.3 Å². The van der Waals surface area contributed by atoms with Crippen LogP contribution in [-0.4, -0.2) is 23.5 Å². The monoisotopic (exact) mass is 358 g/mol. The molecule has 142 valence electrons. The third-order valence-electron chi connectivity index (χ3n) is 7.45. The zero-order valence-corrected chi connectivity index (χ0v) is 16.7. The van der Waals surface area contributed by atoms with Crippen LogP contribution < -0.4 is 0 Å². The van der Waals surface area contributed by atoms with Gasteiger partial charge in [0.1, 0.15) is 11.9 Å². The van der Waals surface area contributed by atoms with Gasteiger partial charge in [-0.25, -0.2) is 0 Å². The van der Waals surface area contributed by atoms with Crippen molar-refractivity contribution in [3.05, 3.63) is 23.0 Å². The number of rotatable bonds is 1. The van der Waals surface area contributed by atoms with Gasteiger partial charge in [-0.1, -0.05) is 20.8 Å². The molecular formula is C22H30O4. The molecule has 0 spiro atoms. The highest BCUT2D eigenvalue weighted by molar-refractivity contribution is 6.03. The fourth-order valence-corrected chi connectivity index (χ4v) is 5.61. The molecule has 4 rings (SSSR count). The van der Waals surface area contributed by atoms with Gasteiger partial charge in [0.15, 0.2) is 5.78 Å². The summed E-state index contributed by atoms with van der Waals surface area (Å²) in [6, 6.07) is 0. The van der Waals surface area contributed by atoms with Gasteiger partial charge in [0, 0.05) is 18.4 Å². The van der Waals surface area contributed by atoms with E-state index in [9.17, 15) is 9.59 Å². The van der Waals surface area contributed by atoms with Crippen molar-refractivity contribution in [3.63, 3.8) is 0 Å². The van der Waals surface area contributed by atoms with Crippen LogP contribution in [0.5, 0.6) is 0 Å². The molecule has 0 amide bonds. The molecular weight excluding hydrogens is 328 g/mol. The number of hydrogen-bond donors (Lipinski definition) is 0. The van der Waals surface area contributed by atoms with Crippen molar-refractivity contribution >= 4 is 11.8 Å². The number of epoxide rings is 1. The van der Waals surface area contributed by atoms with Gasteiger partial charge in [-0.3, -0.25) is 9.59 Å². The van der Waals surface area contributed by atoms with Crippen molar-refractivity contribution in [1.82, 2.24) is 0 Å². The Bertz CT molecular complexity index is 743. The molecule has 0 aromatic rings. The number of fused-ring (bicyclic) bond motifs is 4. The molecule has 0 aromatic carbocycles. The second kappa shape index (κ2) is 5.54. The quantitative estimate of drug-likeness (QED) is 0.521. The van der Waals surface area contributed by atoms with Crippen molar-refractivity contribution in [1.29, 1.82) is 0 Å². The van der Waals surface area contributed by atoms with Crippen molar-refractivity contribution in [3.8, 4) is 0 Å². The van der Waals surface area contributed by atoms with Crippen molar-refractivity contribution in [2.75, 3.05) is 0 Å². The van der Waals surface area contributed by atoms with Gasteiger partial charge < -0.3 is 9.47 Å². The van der Waals surface area contributed by atoms with Gasteiger partial charge >= 0.3 is 5.97 Å². The van der Waals surface area contributed by atoms with Crippen LogP contribution in [0, 0.1) is 29.1 Å². The van der Waals surface area contributed by atoms with Crippen LogP contribution in [0.4, 0.5) is 0 Å². The molecule has 4 nitrogen and oxygen atoms in total. The van der Waals surface area contributed by atoms with Gasteiger partial charge in [-0.05, 0) is 62.0 Å². The fraction of sp³-hybridized carbons (Fsp3) is 0.727. The van der Waals surface area contributed by atoms with E-state index in [1.165, 1.54) is 6.92 Å². The SMILES string of the molecule is CC(=O)O/C1=C2\C=C(C)C(=O)[C@H]2[C@@H]2O[C@@]2(C)CC[C@H]2[C@@H](C[C@H]1C)C2(C)C. The molecule has 6 atom stereocenters. The van der Waals surface area contributed by atoms with Crippen LogP contribution in [0.15, 0.2) is 23.0 Å². The Morgan fingerprint density at radius 2 is 1.96 bits per heavy atom. The molecule has 4 aliphatic rings. The van der Waals surface area contributed by atoms with Crippen LogP contribution in [0.3, 0.4) is 0 Å². The van der Waals surface area contributed by atoms with Gasteiger partial charge in [0.2, 0.25) is 0 Å². The predicted octanol–water partition coefficient (Wildman–Crippen LogP) is 4.20. The first kappa shape index (κ1) is 18.0. The van der Waals surface area contributed by atoms with Crippen LogP contribution >= 0.6 is 0 Å². The van der Waals surface area contributed by atoms with Crippen molar-refractivity contribution in [2.24, 2.45) is 29.1 Å². The molecule has 1 saturated carbocycles. The second-order valence-electron chi connectivity index (χ2n) is 9.64. The molecule has 0 N–H and O–H groups in total. The normalized spacial score (nSPS) is 46.3. The minimum absolute atomic E-state index is 0.102. The average molecular weight is 358 g/mol. The van der Waals surface area contributed by atoms with Crippen LogP contribution in [0.25, 0.3) is 0 Å². The van der Waals surface area contributed by atoms with Crippen molar-refractivity contribution in [2.45, 2.75) is 72.5 Å². The van der Waals surface area contributed by atoms with E-state index in [2.05, 4.69) is 27.7 Å². The molecule has 0 aromatic heterocycles. The predicted molar refractivity (Wildman–Crippen MR) is 98.1 cm³/mol. The lowest BCUT2D eigenvalue weighted by Gasteiger charge is -2.21. The third-order valence-corrected chi connectivity index (χ3v) is 7.45. The Morgan fingerprint density at radius 1 is 1.27 bits per heavy atom. The number of hydrogen-bond acceptors (Lipinski definition) is 4. The minimum Gasteiger partial charge on any atom is -0.431 e. The van der Waals surface area contributed by atoms with Crippen LogP contribution in [0.1, 0.15) is 60.8 Å². The summed E-state index contributed by atoms with van der Waals surface area (Å²) in [6.07, 6.45) is 4.96. The second-order valence-corrected chi connectivity index (χ2v) is 9.64. The van der Waals surface area contributed by atoms with Crippen LogP contribution in [0.2, 0.25) is 0 Å². The van der Waals surface area contributed by atoms with Gasteiger partial charge in [-0.15, -0.1) is 0 Å². The molecule has 1 saturated heterocycles. The van der Waals surface area contributed by atoms with Gasteiger partial charge in [0.25, 0.3) is 0 Å². The van der Waals surface area contributed by atoms with E-state index in [0.717, 1.165) is 30.4 Å². The summed E-state index contributed by atoms with van der Waals surface area (Å²) < 4.78 is 11.8. The number of ketones is 1. The number of ether oxygens (including phenoxy) is 2. The first-order valence-corrected chi connectivity index (χ1v) is 9.89. The highest BCUT2D eigenvalue weighted by atomic mass is 16.6. The number of carbonyl (C=O) groups is 2. The summed E-state index contributed by atoms with van der Waals surface area (Å²) in [5.41, 5.74) is 1.71. The number of allylic oxidation sites excluding steroid dienone is 3. The molecule has 2 fully saturated rings. The zero-order chi connectivity index (χ0) is 19.0. The van der Waals surface area contributed by atoms with Crippen LogP contribution in [-0.2, 0) is 19.1 Å². The lowest BCUT2D eigenvalue weighted by molar-refractivity contribution is -0.138. The maximum atomic E-state index is 12.9. The van der Waals surface area contributed by atoms with E-state index >= 15 is 0 Å². The fourth-order valence-electron chi connectivity index (χ4n) is 5.61. The van der Waals surface area contributed by atoms with Gasteiger partial charge in [0.05, 0.1) is 11.5 Å². The minimum atomic E-state index is -0.320. The first-order valence-electron chi connectivity index (χ1n) is 9.89. The smallest absolute Gasteiger partial charge is 0.307 e. The van der Waals surface area contributed by atoms with E-state index in [4.69, 9.17) is 9.47 Å². The van der Waals surface area contributed by atoms with E-state index < -0.39 is 0 Å². The summed E-state index contributed by atoms with van der Waals surface area (Å²) in [7, 11) is 0. The van der Waals surface area contributed by atoms with Gasteiger partial charge in [-0.2, -0.15) is 0 Å². The molecule has 1 aliphatic heterocycles. The summed E-state index contributed by atoms with van der Waals surface area (Å²) in [4.78, 5) is 24.7. The maximum Gasteiger partial charge on any atom is 0.307 e. The highest BCUT2D eigenvalue weighted by Crippen LogP contribution is 2.65. The molecule has 3 aliphatic carbocycles. The lowest BCUT2D eigenvalue weighted by Crippen LogP contribution is -2.26. The largest absolute Gasteiger partial charge is 0.431 e. The lowest BCUT2D eigenvalue weighted by atomic mass is 9.84. The Hall–Kier alpha value is -1.42. The van der Waals surface area contributed by atoms with Crippen molar-refractivity contribution < 1.29 is 19.1 Å². The third kappa shape index (κ3) is 2.60. The number of Topliss-reactive ketones (excluding diaryl/α,β-unsaturated/α-hetero) is 1. The Kier molecular flexibility index (Phi) is 3.83. The molecule has 0 radical (unpaired) electrons. The Morgan fingerprint density at radius 3 is 2.62 bits per heavy atom. The highest BCUT2D eigenvalue weighted by Gasteiger charge is 2.63. The molecule has 1 heterocycles. The number of carbonyl (C=O) groups excluding carboxylic acids is 2. The Balaban J connectivity index is 1.79. The summed E-state index contributed by atoms with van der Waals surface area (Å²) in [6.45, 7) is 12.2. The molecule has 26 heavy (non-hydrogen) atoms. The number of esters is 1.